The van der Waals surface area contributed by atoms with Crippen molar-refractivity contribution < 1.29 is 14.3 Å². The number of carbonyl (C=O) groups is 1. The molecule has 0 bridgehead atoms. The smallest absolute Gasteiger partial charge is 0.408 e. The summed E-state index contributed by atoms with van der Waals surface area (Å²) < 4.78 is 14.1. The molecule has 7 nitrogen and oxygen atoms in total. The lowest BCUT2D eigenvalue weighted by molar-refractivity contribution is 0.0377. The van der Waals surface area contributed by atoms with Crippen molar-refractivity contribution in [3.05, 3.63) is 66.4 Å². The summed E-state index contributed by atoms with van der Waals surface area (Å²) in [5.41, 5.74) is 6.02. The minimum absolute atomic E-state index is 0.375. The summed E-state index contributed by atoms with van der Waals surface area (Å²) in [4.78, 5) is 22.7. The van der Waals surface area contributed by atoms with Crippen LogP contribution in [-0.4, -0.2) is 47.2 Å². The van der Waals surface area contributed by atoms with E-state index >= 15 is 0 Å². The summed E-state index contributed by atoms with van der Waals surface area (Å²) in [5, 5.41) is 4.06. The average Bonchev–Trinajstić information content (AvgIpc) is 3.25. The molecule has 2 aromatic heterocycles. The molecule has 0 spiro atoms. The van der Waals surface area contributed by atoms with Gasteiger partial charge in [-0.15, -0.1) is 11.8 Å². The van der Waals surface area contributed by atoms with Crippen LogP contribution in [0.1, 0.15) is 45.6 Å². The van der Waals surface area contributed by atoms with Crippen LogP contribution in [0.4, 0.5) is 4.79 Å². The summed E-state index contributed by atoms with van der Waals surface area (Å²) in [7, 11) is -1.24. The zero-order chi connectivity index (χ0) is 30.8. The lowest BCUT2D eigenvalue weighted by Gasteiger charge is -2.43. The van der Waals surface area contributed by atoms with E-state index in [4.69, 9.17) is 19.4 Å². The van der Waals surface area contributed by atoms with Gasteiger partial charge in [0.1, 0.15) is 22.9 Å². The number of nitrogens with one attached hydrogen (secondary N) is 1. The molecule has 1 saturated carbocycles. The molecule has 4 aromatic rings. The molecule has 1 N–H and O–H groups in total. The predicted octanol–water partition coefficient (Wildman–Crippen LogP) is 8.70. The van der Waals surface area contributed by atoms with E-state index < -0.39 is 19.2 Å². The molecule has 1 aliphatic carbocycles. The summed E-state index contributed by atoms with van der Waals surface area (Å²) in [6.07, 6.45) is 6.33. The van der Waals surface area contributed by atoms with Gasteiger partial charge in [0.25, 0.3) is 0 Å². The maximum atomic E-state index is 12.8. The van der Waals surface area contributed by atoms with Crippen LogP contribution in [0, 0.1) is 0 Å². The van der Waals surface area contributed by atoms with Crippen LogP contribution in [0.2, 0.25) is 25.7 Å². The molecular formula is C34H44N4O3SSi. The SMILES string of the molecule is CSc1cnc2c(-c3ccccc3)c(-c3ccc(C4(NC(=O)OC(C)(C)C)CCC4)cc3)n(COCC[Si](C)(C)C)c2n1. The molecule has 9 heteroatoms. The number of ether oxygens (including phenoxy) is 2. The van der Waals surface area contributed by atoms with Crippen molar-refractivity contribution in [3.63, 3.8) is 0 Å². The molecule has 0 unspecified atom stereocenters. The highest BCUT2D eigenvalue weighted by Gasteiger charge is 2.41. The van der Waals surface area contributed by atoms with Gasteiger partial charge in [-0.25, -0.2) is 14.8 Å². The third-order valence-corrected chi connectivity index (χ3v) is 10.2. The van der Waals surface area contributed by atoms with Crippen LogP contribution in [-0.2, 0) is 21.7 Å². The van der Waals surface area contributed by atoms with E-state index in [1.807, 2.05) is 39.3 Å². The second-order valence-electron chi connectivity index (χ2n) is 13.6. The fraction of sp³-hybridized carbons (Fsp3) is 0.441. The Hall–Kier alpha value is -3.14. The monoisotopic (exact) mass is 616 g/mol. The Kier molecular flexibility index (Phi) is 9.06. The Morgan fingerprint density at radius 3 is 2.33 bits per heavy atom. The van der Waals surface area contributed by atoms with Crippen molar-refractivity contribution in [1.82, 2.24) is 19.9 Å². The van der Waals surface area contributed by atoms with E-state index in [0.717, 1.165) is 69.4 Å². The highest BCUT2D eigenvalue weighted by Crippen LogP contribution is 2.44. The van der Waals surface area contributed by atoms with Crippen LogP contribution in [0.25, 0.3) is 33.5 Å². The van der Waals surface area contributed by atoms with E-state index in [2.05, 4.69) is 78.1 Å². The van der Waals surface area contributed by atoms with Crippen LogP contribution >= 0.6 is 11.8 Å². The number of benzene rings is 2. The number of hydrogen-bond donors (Lipinski definition) is 1. The second-order valence-corrected chi connectivity index (χ2v) is 20.0. The molecule has 1 amide bonds. The number of thioether (sulfide) groups is 1. The van der Waals surface area contributed by atoms with Crippen molar-refractivity contribution >= 4 is 37.1 Å². The van der Waals surface area contributed by atoms with E-state index in [9.17, 15) is 4.79 Å². The zero-order valence-corrected chi connectivity index (χ0v) is 28.3. The van der Waals surface area contributed by atoms with Gasteiger partial charge in [0, 0.05) is 20.2 Å². The highest BCUT2D eigenvalue weighted by molar-refractivity contribution is 7.98. The zero-order valence-electron chi connectivity index (χ0n) is 26.5. The standard InChI is InChI=1S/C34H44N4O3SSi/c1-33(2,3)41-32(39)37-34(18-11-19-34)26-16-14-25(15-17-26)30-28(24-12-9-8-10-13-24)29-31(36-27(42-4)22-35-29)38(30)23-40-20-21-43(5,6)7/h8-10,12-17,22H,11,18-21,23H2,1-7H3,(H,37,39). The fourth-order valence-corrected chi connectivity index (χ4v) is 6.57. The Morgan fingerprint density at radius 2 is 1.74 bits per heavy atom. The molecule has 1 aliphatic rings. The number of aromatic nitrogens is 3. The van der Waals surface area contributed by atoms with Gasteiger partial charge >= 0.3 is 6.09 Å². The number of alkyl carbamates (subject to hydrolysis) is 1. The van der Waals surface area contributed by atoms with Gasteiger partial charge in [0.05, 0.1) is 17.4 Å². The maximum absolute atomic E-state index is 12.8. The topological polar surface area (TPSA) is 78.3 Å². The number of rotatable bonds is 10. The van der Waals surface area contributed by atoms with Gasteiger partial charge in [-0.05, 0) is 69.0 Å². The van der Waals surface area contributed by atoms with Crippen molar-refractivity contribution in [2.24, 2.45) is 0 Å². The summed E-state index contributed by atoms with van der Waals surface area (Å²) >= 11 is 1.59. The first-order valence-electron chi connectivity index (χ1n) is 15.1. The minimum Gasteiger partial charge on any atom is -0.444 e. The lowest BCUT2D eigenvalue weighted by Crippen LogP contribution is -2.52. The number of fused-ring (bicyclic) bond motifs is 1. The molecule has 0 atom stereocenters. The van der Waals surface area contributed by atoms with Gasteiger partial charge in [-0.3, -0.25) is 4.57 Å². The molecule has 5 rings (SSSR count). The van der Waals surface area contributed by atoms with Crippen molar-refractivity contribution in [3.8, 4) is 22.4 Å². The van der Waals surface area contributed by atoms with E-state index in [1.54, 1.807) is 11.8 Å². The van der Waals surface area contributed by atoms with E-state index in [-0.39, 0.29) is 6.09 Å². The molecule has 2 heterocycles. The van der Waals surface area contributed by atoms with Crippen molar-refractivity contribution in [2.45, 2.75) is 88.6 Å². The first kappa shape index (κ1) is 31.3. The van der Waals surface area contributed by atoms with E-state index in [1.165, 1.54) is 0 Å². The molecule has 0 aliphatic heterocycles. The van der Waals surface area contributed by atoms with Crippen LogP contribution in [0.3, 0.4) is 0 Å². The molecule has 228 valence electrons. The first-order chi connectivity index (χ1) is 20.4. The molecule has 43 heavy (non-hydrogen) atoms. The normalized spacial score (nSPS) is 14.9. The van der Waals surface area contributed by atoms with Crippen LogP contribution in [0.5, 0.6) is 0 Å². The Morgan fingerprint density at radius 1 is 1.05 bits per heavy atom. The fourth-order valence-electron chi connectivity index (χ4n) is 5.48. The van der Waals surface area contributed by atoms with Gasteiger partial charge in [-0.1, -0.05) is 74.2 Å². The summed E-state index contributed by atoms with van der Waals surface area (Å²) in [6.45, 7) is 13.9. The van der Waals surface area contributed by atoms with Crippen molar-refractivity contribution in [1.29, 1.82) is 0 Å². The summed E-state index contributed by atoms with van der Waals surface area (Å²) in [6, 6.07) is 20.1. The number of carbonyl (C=O) groups excluding carboxylic acids is 1. The number of amides is 1. The molecule has 1 fully saturated rings. The summed E-state index contributed by atoms with van der Waals surface area (Å²) in [5.74, 6) is 0. The Balaban J connectivity index is 1.58. The van der Waals surface area contributed by atoms with Gasteiger partial charge < -0.3 is 14.8 Å². The van der Waals surface area contributed by atoms with Crippen LogP contribution < -0.4 is 5.32 Å². The van der Waals surface area contributed by atoms with Crippen molar-refractivity contribution in [2.75, 3.05) is 12.9 Å². The predicted molar refractivity (Wildman–Crippen MR) is 179 cm³/mol. The van der Waals surface area contributed by atoms with Gasteiger partial charge in [0.2, 0.25) is 0 Å². The van der Waals surface area contributed by atoms with E-state index in [0.29, 0.717) is 13.3 Å². The molecule has 0 saturated heterocycles. The molecule has 0 radical (unpaired) electrons. The minimum atomic E-state index is -1.24. The Bertz CT molecular complexity index is 1570. The Labute approximate surface area is 260 Å². The molecular weight excluding hydrogens is 573 g/mol. The largest absolute Gasteiger partial charge is 0.444 e. The van der Waals surface area contributed by atoms with Gasteiger partial charge in [-0.2, -0.15) is 0 Å². The van der Waals surface area contributed by atoms with Gasteiger partial charge in [0.15, 0.2) is 5.65 Å². The average molecular weight is 617 g/mol. The second kappa shape index (κ2) is 12.5. The number of hydrogen-bond acceptors (Lipinski definition) is 6. The van der Waals surface area contributed by atoms with Crippen LogP contribution in [0.15, 0.2) is 65.8 Å². The number of nitrogens with zero attached hydrogens (tertiary/aromatic N) is 3. The third kappa shape index (κ3) is 7.16. The first-order valence-corrected chi connectivity index (χ1v) is 20.0. The highest BCUT2D eigenvalue weighted by atomic mass is 32.2. The lowest BCUT2D eigenvalue weighted by atomic mass is 9.71. The quantitative estimate of drug-likeness (QED) is 0.109. The maximum Gasteiger partial charge on any atom is 0.408 e. The molecule has 2 aromatic carbocycles. The third-order valence-electron chi connectivity index (χ3n) is 7.88.